The molecule has 5 heteroatoms. The predicted octanol–water partition coefficient (Wildman–Crippen LogP) is 2.93. The van der Waals surface area contributed by atoms with E-state index in [1.54, 1.807) is 0 Å². The minimum absolute atomic E-state index is 0.0435. The number of carbonyl (C=O) groups is 1. The third kappa shape index (κ3) is 4.65. The smallest absolute Gasteiger partial charge is 0.223 e. The van der Waals surface area contributed by atoms with Gasteiger partial charge >= 0.3 is 0 Å². The highest BCUT2D eigenvalue weighted by atomic mass is 16.5. The lowest BCUT2D eigenvalue weighted by molar-refractivity contribution is -0.121. The number of hydrogen-bond donors (Lipinski definition) is 1. The molecule has 2 aromatic carbocycles. The summed E-state index contributed by atoms with van der Waals surface area (Å²) in [5.74, 6) is 2.23. The van der Waals surface area contributed by atoms with Gasteiger partial charge in [-0.1, -0.05) is 24.3 Å². The number of rotatable bonds is 6. The van der Waals surface area contributed by atoms with Crippen LogP contribution in [0.15, 0.2) is 48.5 Å². The number of ether oxygens (including phenoxy) is 3. The average molecular weight is 327 g/mol. The van der Waals surface area contributed by atoms with Crippen LogP contribution in [0.2, 0.25) is 0 Å². The highest BCUT2D eigenvalue weighted by Crippen LogP contribution is 2.30. The Morgan fingerprint density at radius 2 is 1.83 bits per heavy atom. The molecule has 0 unspecified atom stereocenters. The number of fused-ring (bicyclic) bond motifs is 1. The number of carbonyl (C=O) groups excluding carboxylic acids is 1. The molecular formula is C19H21NO4. The fourth-order valence-corrected chi connectivity index (χ4v) is 2.38. The lowest BCUT2D eigenvalue weighted by Gasteiger charge is -2.10. The van der Waals surface area contributed by atoms with E-state index in [2.05, 4.69) is 5.32 Å². The second-order valence-electron chi connectivity index (χ2n) is 5.52. The fourth-order valence-electron chi connectivity index (χ4n) is 2.38. The second-order valence-corrected chi connectivity index (χ2v) is 5.52. The normalized spacial score (nSPS) is 13.0. The van der Waals surface area contributed by atoms with E-state index in [4.69, 9.17) is 14.2 Å². The molecule has 1 amide bonds. The molecule has 0 spiro atoms. The molecule has 0 saturated carbocycles. The van der Waals surface area contributed by atoms with E-state index < -0.39 is 0 Å². The van der Waals surface area contributed by atoms with Crippen molar-refractivity contribution in [2.75, 3.05) is 19.8 Å². The number of benzene rings is 2. The van der Waals surface area contributed by atoms with E-state index in [0.29, 0.717) is 32.8 Å². The Bertz CT molecular complexity index is 672. The lowest BCUT2D eigenvalue weighted by Crippen LogP contribution is -2.24. The van der Waals surface area contributed by atoms with Gasteiger partial charge in [0.15, 0.2) is 11.5 Å². The van der Waals surface area contributed by atoms with Crippen LogP contribution < -0.4 is 19.5 Å². The molecule has 3 rings (SSSR count). The van der Waals surface area contributed by atoms with Gasteiger partial charge in [-0.2, -0.15) is 0 Å². The lowest BCUT2D eigenvalue weighted by atomic mass is 10.2. The summed E-state index contributed by atoms with van der Waals surface area (Å²) < 4.78 is 16.8. The Kier molecular flexibility index (Phi) is 5.56. The van der Waals surface area contributed by atoms with Crippen molar-refractivity contribution in [3.63, 3.8) is 0 Å². The van der Waals surface area contributed by atoms with Crippen LogP contribution in [0.25, 0.3) is 0 Å². The van der Waals surface area contributed by atoms with Crippen molar-refractivity contribution < 1.29 is 19.0 Å². The first-order chi connectivity index (χ1) is 11.8. The molecule has 0 atom stereocenters. The van der Waals surface area contributed by atoms with E-state index >= 15 is 0 Å². The summed E-state index contributed by atoms with van der Waals surface area (Å²) in [5, 5.41) is 2.89. The molecule has 1 aliphatic rings. The van der Waals surface area contributed by atoms with Gasteiger partial charge < -0.3 is 19.5 Å². The minimum Gasteiger partial charge on any atom is -0.493 e. The Morgan fingerprint density at radius 3 is 2.67 bits per heavy atom. The third-order valence-electron chi connectivity index (χ3n) is 3.64. The highest BCUT2D eigenvalue weighted by Gasteiger charge is 2.11. The zero-order chi connectivity index (χ0) is 16.6. The van der Waals surface area contributed by atoms with Gasteiger partial charge in [0.25, 0.3) is 0 Å². The summed E-state index contributed by atoms with van der Waals surface area (Å²) >= 11 is 0. The molecule has 1 heterocycles. The maximum absolute atomic E-state index is 11.9. The van der Waals surface area contributed by atoms with Crippen LogP contribution in [-0.4, -0.2) is 25.7 Å². The van der Waals surface area contributed by atoms with Crippen LogP contribution in [0.1, 0.15) is 18.4 Å². The Balaban J connectivity index is 1.43. The zero-order valence-electron chi connectivity index (χ0n) is 13.5. The van der Waals surface area contributed by atoms with Crippen LogP contribution in [0.3, 0.4) is 0 Å². The van der Waals surface area contributed by atoms with Gasteiger partial charge in [-0.05, 0) is 29.8 Å². The molecule has 5 nitrogen and oxygen atoms in total. The van der Waals surface area contributed by atoms with Crippen molar-refractivity contribution in [2.24, 2.45) is 0 Å². The maximum atomic E-state index is 11.9. The van der Waals surface area contributed by atoms with Crippen molar-refractivity contribution in [3.05, 3.63) is 54.1 Å². The Morgan fingerprint density at radius 1 is 1.04 bits per heavy atom. The molecule has 0 aliphatic carbocycles. The molecule has 1 N–H and O–H groups in total. The van der Waals surface area contributed by atoms with Gasteiger partial charge in [0.05, 0.1) is 26.2 Å². The summed E-state index contributed by atoms with van der Waals surface area (Å²) in [7, 11) is 0. The third-order valence-corrected chi connectivity index (χ3v) is 3.64. The molecule has 0 bridgehead atoms. The van der Waals surface area contributed by atoms with E-state index in [1.807, 2.05) is 48.5 Å². The van der Waals surface area contributed by atoms with Crippen LogP contribution in [0.5, 0.6) is 17.2 Å². The van der Waals surface area contributed by atoms with E-state index in [9.17, 15) is 4.79 Å². The minimum atomic E-state index is -0.0435. The highest BCUT2D eigenvalue weighted by molar-refractivity contribution is 5.76. The first-order valence-corrected chi connectivity index (χ1v) is 8.14. The van der Waals surface area contributed by atoms with Crippen LogP contribution in [0.4, 0.5) is 0 Å². The van der Waals surface area contributed by atoms with E-state index in [-0.39, 0.29) is 5.91 Å². The topological polar surface area (TPSA) is 56.8 Å². The molecule has 126 valence electrons. The molecular weight excluding hydrogens is 306 g/mol. The van der Waals surface area contributed by atoms with Crippen LogP contribution >= 0.6 is 0 Å². The van der Waals surface area contributed by atoms with Crippen LogP contribution in [0, 0.1) is 0 Å². The SMILES string of the molecule is O=C(CCOc1ccccc1)NCc1ccc2c(c1)OCCCO2. The standard InChI is InChI=1S/C19H21NO4/c21-19(9-12-22-16-5-2-1-3-6-16)20-14-15-7-8-17-18(13-15)24-11-4-10-23-17/h1-3,5-8,13H,4,9-12,14H2,(H,20,21). The van der Waals surface area contributed by atoms with Crippen molar-refractivity contribution in [1.82, 2.24) is 5.32 Å². The number of para-hydroxylation sites is 1. The van der Waals surface area contributed by atoms with Crippen LogP contribution in [-0.2, 0) is 11.3 Å². The Hall–Kier alpha value is -2.69. The quantitative estimate of drug-likeness (QED) is 0.886. The van der Waals surface area contributed by atoms with Crippen molar-refractivity contribution in [2.45, 2.75) is 19.4 Å². The maximum Gasteiger partial charge on any atom is 0.223 e. The monoisotopic (exact) mass is 327 g/mol. The molecule has 0 radical (unpaired) electrons. The largest absolute Gasteiger partial charge is 0.493 e. The number of hydrogen-bond acceptors (Lipinski definition) is 4. The Labute approximate surface area is 141 Å². The van der Waals surface area contributed by atoms with Gasteiger partial charge in [0, 0.05) is 13.0 Å². The van der Waals surface area contributed by atoms with Gasteiger partial charge in [-0.25, -0.2) is 0 Å². The van der Waals surface area contributed by atoms with Crippen molar-refractivity contribution >= 4 is 5.91 Å². The summed E-state index contributed by atoms with van der Waals surface area (Å²) in [6.07, 6.45) is 1.20. The summed E-state index contributed by atoms with van der Waals surface area (Å²) in [4.78, 5) is 11.9. The summed E-state index contributed by atoms with van der Waals surface area (Å²) in [5.41, 5.74) is 0.983. The first kappa shape index (κ1) is 16.2. The molecule has 0 fully saturated rings. The fraction of sp³-hybridized carbons (Fsp3) is 0.316. The first-order valence-electron chi connectivity index (χ1n) is 8.14. The summed E-state index contributed by atoms with van der Waals surface area (Å²) in [6.45, 7) is 2.14. The summed E-state index contributed by atoms with van der Waals surface area (Å²) in [6, 6.07) is 15.2. The van der Waals surface area contributed by atoms with E-state index in [1.165, 1.54) is 0 Å². The van der Waals surface area contributed by atoms with Crippen molar-refractivity contribution in [3.8, 4) is 17.2 Å². The van der Waals surface area contributed by atoms with Crippen molar-refractivity contribution in [1.29, 1.82) is 0 Å². The number of amides is 1. The second kappa shape index (κ2) is 8.24. The predicted molar refractivity (Wildman–Crippen MR) is 90.4 cm³/mol. The van der Waals surface area contributed by atoms with Gasteiger partial charge in [-0.3, -0.25) is 4.79 Å². The van der Waals surface area contributed by atoms with E-state index in [0.717, 1.165) is 29.2 Å². The zero-order valence-corrected chi connectivity index (χ0v) is 13.5. The average Bonchev–Trinajstić information content (AvgIpc) is 2.86. The molecule has 0 saturated heterocycles. The molecule has 2 aromatic rings. The number of nitrogens with one attached hydrogen (secondary N) is 1. The molecule has 24 heavy (non-hydrogen) atoms. The van der Waals surface area contributed by atoms with Gasteiger partial charge in [0.1, 0.15) is 5.75 Å². The van der Waals surface area contributed by atoms with Gasteiger partial charge in [-0.15, -0.1) is 0 Å². The molecule has 0 aromatic heterocycles. The molecule has 1 aliphatic heterocycles. The van der Waals surface area contributed by atoms with Gasteiger partial charge in [0.2, 0.25) is 5.91 Å².